The van der Waals surface area contributed by atoms with E-state index in [1.54, 1.807) is 6.92 Å². The highest BCUT2D eigenvalue weighted by Crippen LogP contribution is 2.25. The summed E-state index contributed by atoms with van der Waals surface area (Å²) in [7, 11) is 0. The summed E-state index contributed by atoms with van der Waals surface area (Å²) in [6.45, 7) is 1.65. The lowest BCUT2D eigenvalue weighted by molar-refractivity contribution is -0.133. The minimum Gasteiger partial charge on any atom is -0.481 e. The van der Waals surface area contributed by atoms with Crippen molar-refractivity contribution in [2.24, 2.45) is 0 Å². The Kier molecular flexibility index (Phi) is 4.12. The van der Waals surface area contributed by atoms with Gasteiger partial charge in [-0.3, -0.25) is 14.9 Å². The standard InChI is InChI=1S/C9H8N4O4S2/c1-4-6(17-3-10-4)7(16)11-8-12-13-9(19-8)18-2-5(14)15/h3H,2H2,1H3,(H,14,15)(H,11,12,16). The van der Waals surface area contributed by atoms with Gasteiger partial charge in [0.05, 0.1) is 11.4 Å². The molecule has 0 unspecified atom stereocenters. The van der Waals surface area contributed by atoms with Crippen LogP contribution in [-0.2, 0) is 4.79 Å². The van der Waals surface area contributed by atoms with E-state index >= 15 is 0 Å². The predicted octanol–water partition coefficient (Wildman–Crippen LogP) is 1.26. The molecule has 0 saturated heterocycles. The van der Waals surface area contributed by atoms with Gasteiger partial charge in [-0.05, 0) is 6.92 Å². The molecular formula is C9H8N4O4S2. The van der Waals surface area contributed by atoms with Gasteiger partial charge in [0.2, 0.25) is 10.9 Å². The minimum atomic E-state index is -0.942. The number of oxazole rings is 1. The lowest BCUT2D eigenvalue weighted by atomic mass is 10.3. The molecule has 0 aliphatic carbocycles. The number of carboxylic acids is 1. The third kappa shape index (κ3) is 3.51. The normalized spacial score (nSPS) is 10.4. The van der Waals surface area contributed by atoms with Crippen LogP contribution in [0.4, 0.5) is 5.13 Å². The van der Waals surface area contributed by atoms with Crippen LogP contribution in [0.5, 0.6) is 0 Å². The maximum absolute atomic E-state index is 11.8. The molecule has 0 fully saturated rings. The van der Waals surface area contributed by atoms with Crippen LogP contribution >= 0.6 is 23.1 Å². The van der Waals surface area contributed by atoms with Crippen molar-refractivity contribution in [3.8, 4) is 0 Å². The maximum atomic E-state index is 11.8. The molecule has 0 aliphatic heterocycles. The molecule has 2 aromatic heterocycles. The Morgan fingerprint density at radius 3 is 2.95 bits per heavy atom. The SMILES string of the molecule is Cc1ncoc1C(=O)Nc1nnc(SCC(=O)O)s1. The minimum absolute atomic E-state index is 0.106. The smallest absolute Gasteiger partial charge is 0.313 e. The Morgan fingerprint density at radius 1 is 1.53 bits per heavy atom. The second kappa shape index (κ2) is 5.80. The molecule has 2 rings (SSSR count). The summed E-state index contributed by atoms with van der Waals surface area (Å²) < 4.78 is 5.40. The second-order valence-corrected chi connectivity index (χ2v) is 5.48. The Bertz CT molecular complexity index is 609. The molecule has 19 heavy (non-hydrogen) atoms. The fourth-order valence-electron chi connectivity index (χ4n) is 1.12. The highest BCUT2D eigenvalue weighted by Gasteiger charge is 2.16. The van der Waals surface area contributed by atoms with Crippen LogP contribution in [0.2, 0.25) is 0 Å². The van der Waals surface area contributed by atoms with Crippen molar-refractivity contribution in [3.05, 3.63) is 17.8 Å². The molecule has 0 aromatic carbocycles. The Morgan fingerprint density at radius 2 is 2.32 bits per heavy atom. The number of carboxylic acid groups (broad SMARTS) is 1. The average Bonchev–Trinajstić information content (AvgIpc) is 2.95. The van der Waals surface area contributed by atoms with E-state index in [2.05, 4.69) is 20.5 Å². The number of hydrogen-bond donors (Lipinski definition) is 2. The number of nitrogens with one attached hydrogen (secondary N) is 1. The van der Waals surface area contributed by atoms with Gasteiger partial charge in [-0.15, -0.1) is 10.2 Å². The van der Waals surface area contributed by atoms with E-state index in [0.717, 1.165) is 23.1 Å². The Balaban J connectivity index is 1.98. The van der Waals surface area contributed by atoms with Gasteiger partial charge in [0.15, 0.2) is 10.7 Å². The third-order valence-electron chi connectivity index (χ3n) is 1.90. The van der Waals surface area contributed by atoms with Crippen LogP contribution in [0.3, 0.4) is 0 Å². The first kappa shape index (κ1) is 13.5. The summed E-state index contributed by atoms with van der Waals surface area (Å²) >= 11 is 2.13. The average molecular weight is 300 g/mol. The molecule has 2 N–H and O–H groups in total. The van der Waals surface area contributed by atoms with E-state index in [9.17, 15) is 9.59 Å². The van der Waals surface area contributed by atoms with Gasteiger partial charge in [0, 0.05) is 0 Å². The van der Waals surface area contributed by atoms with Crippen molar-refractivity contribution in [1.82, 2.24) is 15.2 Å². The number of nitrogens with zero attached hydrogens (tertiary/aromatic N) is 3. The number of hydrogen-bond acceptors (Lipinski definition) is 8. The Labute approximate surface area is 115 Å². The predicted molar refractivity (Wildman–Crippen MR) is 67.5 cm³/mol. The lowest BCUT2D eigenvalue weighted by Crippen LogP contribution is -2.12. The molecule has 0 atom stereocenters. The van der Waals surface area contributed by atoms with Crippen molar-refractivity contribution in [1.29, 1.82) is 0 Å². The van der Waals surface area contributed by atoms with E-state index in [1.807, 2.05) is 0 Å². The molecule has 0 spiro atoms. The molecule has 1 amide bonds. The number of aliphatic carboxylic acids is 1. The molecule has 2 heterocycles. The number of rotatable bonds is 5. The summed E-state index contributed by atoms with van der Waals surface area (Å²) in [5, 5.41) is 18.8. The van der Waals surface area contributed by atoms with Gasteiger partial charge in [0.25, 0.3) is 5.91 Å². The zero-order valence-corrected chi connectivity index (χ0v) is 11.2. The Hall–Kier alpha value is -1.94. The van der Waals surface area contributed by atoms with Crippen LogP contribution in [0.1, 0.15) is 16.2 Å². The summed E-state index contributed by atoms with van der Waals surface area (Å²) in [6, 6.07) is 0. The first-order chi connectivity index (χ1) is 9.06. The van der Waals surface area contributed by atoms with Crippen LogP contribution < -0.4 is 5.32 Å². The van der Waals surface area contributed by atoms with Crippen molar-refractivity contribution in [2.75, 3.05) is 11.1 Å². The van der Waals surface area contributed by atoms with Gasteiger partial charge in [-0.2, -0.15) is 0 Å². The number of thioether (sulfide) groups is 1. The van der Waals surface area contributed by atoms with E-state index < -0.39 is 11.9 Å². The molecule has 100 valence electrons. The van der Waals surface area contributed by atoms with Crippen LogP contribution in [0.25, 0.3) is 0 Å². The molecule has 0 aliphatic rings. The van der Waals surface area contributed by atoms with Gasteiger partial charge in [-0.25, -0.2) is 4.98 Å². The second-order valence-electron chi connectivity index (χ2n) is 3.28. The molecule has 2 aromatic rings. The molecule has 0 bridgehead atoms. The molecule has 0 saturated carbocycles. The molecule has 10 heteroatoms. The van der Waals surface area contributed by atoms with Crippen molar-refractivity contribution < 1.29 is 19.1 Å². The largest absolute Gasteiger partial charge is 0.481 e. The van der Waals surface area contributed by atoms with Crippen LogP contribution in [0, 0.1) is 6.92 Å². The van der Waals surface area contributed by atoms with Gasteiger partial charge in [-0.1, -0.05) is 23.1 Å². The van der Waals surface area contributed by atoms with Crippen molar-refractivity contribution in [3.63, 3.8) is 0 Å². The topological polar surface area (TPSA) is 118 Å². The number of carbonyl (C=O) groups excluding carboxylic acids is 1. The van der Waals surface area contributed by atoms with Gasteiger partial charge >= 0.3 is 5.97 Å². The first-order valence-corrected chi connectivity index (χ1v) is 6.76. The zero-order chi connectivity index (χ0) is 13.8. The van der Waals surface area contributed by atoms with E-state index in [-0.39, 0.29) is 16.6 Å². The fourth-order valence-corrected chi connectivity index (χ4v) is 2.58. The lowest BCUT2D eigenvalue weighted by Gasteiger charge is -1.96. The first-order valence-electron chi connectivity index (χ1n) is 4.96. The summed E-state index contributed by atoms with van der Waals surface area (Å²) in [5.41, 5.74) is 0.475. The molecule has 8 nitrogen and oxygen atoms in total. The summed E-state index contributed by atoms with van der Waals surface area (Å²) in [6.07, 6.45) is 1.18. The van der Waals surface area contributed by atoms with E-state index in [1.165, 1.54) is 6.39 Å². The van der Waals surface area contributed by atoms with Gasteiger partial charge < -0.3 is 9.52 Å². The molecule has 0 radical (unpaired) electrons. The molecular weight excluding hydrogens is 292 g/mol. The number of amides is 1. The number of carbonyl (C=O) groups is 2. The van der Waals surface area contributed by atoms with Crippen LogP contribution in [0.15, 0.2) is 15.2 Å². The van der Waals surface area contributed by atoms with E-state index in [4.69, 9.17) is 9.52 Å². The monoisotopic (exact) mass is 300 g/mol. The van der Waals surface area contributed by atoms with Gasteiger partial charge in [0.1, 0.15) is 0 Å². The number of aryl methyl sites for hydroxylation is 1. The van der Waals surface area contributed by atoms with E-state index in [0.29, 0.717) is 10.0 Å². The number of aromatic nitrogens is 3. The van der Waals surface area contributed by atoms with Crippen molar-refractivity contribution >= 4 is 40.1 Å². The number of anilines is 1. The highest BCUT2D eigenvalue weighted by molar-refractivity contribution is 8.01. The fraction of sp³-hybridized carbons (Fsp3) is 0.222. The quantitative estimate of drug-likeness (QED) is 0.626. The maximum Gasteiger partial charge on any atom is 0.313 e. The van der Waals surface area contributed by atoms with Crippen LogP contribution in [-0.4, -0.2) is 37.9 Å². The zero-order valence-electron chi connectivity index (χ0n) is 9.61. The van der Waals surface area contributed by atoms with Crippen molar-refractivity contribution in [2.45, 2.75) is 11.3 Å². The highest BCUT2D eigenvalue weighted by atomic mass is 32.2. The summed E-state index contributed by atoms with van der Waals surface area (Å²) in [5.74, 6) is -1.41. The summed E-state index contributed by atoms with van der Waals surface area (Å²) in [4.78, 5) is 26.0. The third-order valence-corrected chi connectivity index (χ3v) is 3.85.